The molecule has 0 saturated heterocycles. The number of hydrogen-bond acceptors (Lipinski definition) is 5. The molecule has 33 heavy (non-hydrogen) atoms. The van der Waals surface area contributed by atoms with E-state index in [4.69, 9.17) is 5.11 Å². The molecule has 2 aromatic carbocycles. The van der Waals surface area contributed by atoms with E-state index in [0.717, 1.165) is 16.7 Å². The zero-order chi connectivity index (χ0) is 24.0. The molecule has 0 fully saturated rings. The van der Waals surface area contributed by atoms with E-state index in [0.29, 0.717) is 23.3 Å². The van der Waals surface area contributed by atoms with E-state index < -0.39 is 5.97 Å². The van der Waals surface area contributed by atoms with Crippen LogP contribution in [0.3, 0.4) is 0 Å². The molecule has 170 valence electrons. The Bertz CT molecular complexity index is 1240. The van der Waals surface area contributed by atoms with Gasteiger partial charge in [0.1, 0.15) is 0 Å². The molecule has 0 radical (unpaired) electrons. The summed E-state index contributed by atoms with van der Waals surface area (Å²) in [5, 5.41) is 22.1. The number of aryl methyl sites for hydroxylation is 2. The van der Waals surface area contributed by atoms with Gasteiger partial charge in [0.2, 0.25) is 5.56 Å². The lowest BCUT2D eigenvalue weighted by Gasteiger charge is -2.21. The van der Waals surface area contributed by atoms with Gasteiger partial charge < -0.3 is 14.9 Å². The average Bonchev–Trinajstić information content (AvgIpc) is 2.81. The molecule has 7 nitrogen and oxygen atoms in total. The van der Waals surface area contributed by atoms with Crippen LogP contribution in [0.2, 0.25) is 0 Å². The molecule has 1 heterocycles. The molecule has 3 rings (SSSR count). The second kappa shape index (κ2) is 10.5. The van der Waals surface area contributed by atoms with E-state index in [2.05, 4.69) is 5.16 Å². The Morgan fingerprint density at radius 1 is 0.970 bits per heavy atom. The summed E-state index contributed by atoms with van der Waals surface area (Å²) in [6.07, 6.45) is 1.74. The highest BCUT2D eigenvalue weighted by molar-refractivity contribution is 6.01. The largest absolute Gasteiger partial charge is 0.481 e. The van der Waals surface area contributed by atoms with Gasteiger partial charge in [0, 0.05) is 49.2 Å². The Kier molecular flexibility index (Phi) is 7.56. The number of carboxylic acids is 1. The van der Waals surface area contributed by atoms with Crippen LogP contribution in [0, 0.1) is 6.92 Å². The molecule has 7 heteroatoms. The molecular weight excluding hydrogens is 420 g/mol. The molecule has 0 saturated carbocycles. The fourth-order valence-electron chi connectivity index (χ4n) is 3.83. The predicted octanol–water partition coefficient (Wildman–Crippen LogP) is 4.14. The Labute approximate surface area is 191 Å². The third-order valence-electron chi connectivity index (χ3n) is 5.70. The Morgan fingerprint density at radius 2 is 1.64 bits per heavy atom. The Morgan fingerprint density at radius 3 is 2.24 bits per heavy atom. The molecule has 2 N–H and O–H groups in total. The van der Waals surface area contributed by atoms with Crippen LogP contribution in [-0.4, -0.2) is 32.3 Å². The van der Waals surface area contributed by atoms with Gasteiger partial charge in [0.15, 0.2) is 5.78 Å². The van der Waals surface area contributed by atoms with Crippen molar-refractivity contribution in [2.24, 2.45) is 12.2 Å². The molecule has 1 unspecified atom stereocenters. The smallest absolute Gasteiger partial charge is 0.303 e. The van der Waals surface area contributed by atoms with Crippen molar-refractivity contribution in [1.82, 2.24) is 4.57 Å². The summed E-state index contributed by atoms with van der Waals surface area (Å²) in [4.78, 5) is 34.8. The molecule has 0 aliphatic rings. The number of ketones is 1. The number of carboxylic acid groups (broad SMARTS) is 1. The van der Waals surface area contributed by atoms with E-state index in [9.17, 15) is 19.6 Å². The van der Waals surface area contributed by atoms with Crippen molar-refractivity contribution in [3.63, 3.8) is 0 Å². The molecule has 3 aromatic rings. The molecule has 0 aliphatic carbocycles. The quantitative estimate of drug-likeness (QED) is 0.222. The average molecular weight is 447 g/mol. The number of rotatable bonds is 9. The van der Waals surface area contributed by atoms with Crippen molar-refractivity contribution < 1.29 is 19.9 Å². The maximum atomic E-state index is 12.3. The van der Waals surface area contributed by atoms with Gasteiger partial charge in [-0.3, -0.25) is 14.4 Å². The summed E-state index contributed by atoms with van der Waals surface area (Å²) < 4.78 is 1.43. The highest BCUT2D eigenvalue weighted by atomic mass is 16.4. The van der Waals surface area contributed by atoms with E-state index in [-0.39, 0.29) is 30.1 Å². The molecule has 1 atom stereocenters. The first-order valence-electron chi connectivity index (χ1n) is 10.6. The summed E-state index contributed by atoms with van der Waals surface area (Å²) in [5.74, 6) is -1.40. The molecule has 0 spiro atoms. The highest BCUT2D eigenvalue weighted by Crippen LogP contribution is 2.32. The number of nitrogens with zero attached hydrogens (tertiary/aromatic N) is 2. The minimum atomic E-state index is -1.01. The van der Waals surface area contributed by atoms with Gasteiger partial charge in [0.25, 0.3) is 0 Å². The van der Waals surface area contributed by atoms with Crippen LogP contribution in [0.4, 0.5) is 0 Å². The zero-order valence-electron chi connectivity index (χ0n) is 18.6. The van der Waals surface area contributed by atoms with Gasteiger partial charge in [-0.1, -0.05) is 53.7 Å². The number of aliphatic carboxylic acids is 1. The lowest BCUT2D eigenvalue weighted by atomic mass is 9.83. The lowest BCUT2D eigenvalue weighted by Crippen LogP contribution is -2.18. The topological polar surface area (TPSA) is 109 Å². The first-order chi connectivity index (χ1) is 15.8. The van der Waals surface area contributed by atoms with E-state index in [1.807, 2.05) is 43.3 Å². The van der Waals surface area contributed by atoms with Crippen LogP contribution in [0.5, 0.6) is 0 Å². The third-order valence-corrected chi connectivity index (χ3v) is 5.70. The third kappa shape index (κ3) is 5.83. The van der Waals surface area contributed by atoms with Crippen LogP contribution >= 0.6 is 0 Å². The number of benzene rings is 2. The van der Waals surface area contributed by atoms with Crippen LogP contribution in [0.25, 0.3) is 0 Å². The standard InChI is InChI=1S/C26H26N2O5/c1-17-5-3-4-6-21(17)22(15-23(27-33)20-11-13-25(30)28(2)16-20)18-7-9-19(10-8-18)24(29)12-14-26(31)32/h3-11,13,16,22,33H,12,14-15H2,1-2H3,(H,31,32)/b27-23+. The second-order valence-corrected chi connectivity index (χ2v) is 7.97. The number of carbonyl (C=O) groups is 2. The lowest BCUT2D eigenvalue weighted by molar-refractivity contribution is -0.136. The van der Waals surface area contributed by atoms with Crippen LogP contribution in [-0.2, 0) is 11.8 Å². The van der Waals surface area contributed by atoms with Gasteiger partial charge >= 0.3 is 5.97 Å². The molecule has 0 bridgehead atoms. The Hall–Kier alpha value is -4.00. The molecular formula is C26H26N2O5. The number of Topliss-reactive ketones (excluding diaryl/α,β-unsaturated/α-hetero) is 1. The van der Waals surface area contributed by atoms with Gasteiger partial charge in [-0.05, 0) is 29.7 Å². The van der Waals surface area contributed by atoms with E-state index in [1.54, 1.807) is 31.4 Å². The first-order valence-corrected chi connectivity index (χ1v) is 10.6. The predicted molar refractivity (Wildman–Crippen MR) is 125 cm³/mol. The Balaban J connectivity index is 1.96. The van der Waals surface area contributed by atoms with Crippen LogP contribution < -0.4 is 5.56 Å². The normalized spacial score (nSPS) is 12.4. The van der Waals surface area contributed by atoms with Crippen LogP contribution in [0.1, 0.15) is 57.8 Å². The minimum absolute atomic E-state index is 0.0516. The maximum absolute atomic E-state index is 12.3. The van der Waals surface area contributed by atoms with E-state index >= 15 is 0 Å². The van der Waals surface area contributed by atoms with Crippen molar-refractivity contribution in [2.75, 3.05) is 0 Å². The van der Waals surface area contributed by atoms with Crippen molar-refractivity contribution in [3.8, 4) is 0 Å². The summed E-state index contributed by atoms with van der Waals surface area (Å²) in [7, 11) is 1.64. The molecule has 0 aliphatic heterocycles. The summed E-state index contributed by atoms with van der Waals surface area (Å²) in [6.45, 7) is 2.01. The summed E-state index contributed by atoms with van der Waals surface area (Å²) in [5.41, 5.74) is 4.41. The first kappa shape index (κ1) is 23.7. The second-order valence-electron chi connectivity index (χ2n) is 7.97. The minimum Gasteiger partial charge on any atom is -0.481 e. The maximum Gasteiger partial charge on any atom is 0.303 e. The summed E-state index contributed by atoms with van der Waals surface area (Å²) >= 11 is 0. The molecule has 1 aromatic heterocycles. The fourth-order valence-corrected chi connectivity index (χ4v) is 3.83. The fraction of sp³-hybridized carbons (Fsp3) is 0.231. The SMILES string of the molecule is Cc1ccccc1C(C/C(=N\O)c1ccc(=O)n(C)c1)c1ccc(C(=O)CCC(=O)O)cc1. The monoisotopic (exact) mass is 446 g/mol. The van der Waals surface area contributed by atoms with Gasteiger partial charge in [-0.2, -0.15) is 0 Å². The van der Waals surface area contributed by atoms with Crippen LogP contribution in [0.15, 0.2) is 76.8 Å². The molecule has 0 amide bonds. The van der Waals surface area contributed by atoms with Crippen molar-refractivity contribution in [1.29, 1.82) is 0 Å². The summed E-state index contributed by atoms with van der Waals surface area (Å²) in [6, 6.07) is 18.1. The van der Waals surface area contributed by atoms with Crippen molar-refractivity contribution in [3.05, 3.63) is 105 Å². The number of hydrogen-bond donors (Lipinski definition) is 2. The van der Waals surface area contributed by atoms with Gasteiger partial charge in [-0.25, -0.2) is 0 Å². The number of carbonyl (C=O) groups excluding carboxylic acids is 1. The van der Waals surface area contributed by atoms with Crippen molar-refractivity contribution in [2.45, 2.75) is 32.1 Å². The zero-order valence-corrected chi connectivity index (χ0v) is 18.6. The van der Waals surface area contributed by atoms with Gasteiger partial charge in [-0.15, -0.1) is 0 Å². The van der Waals surface area contributed by atoms with Gasteiger partial charge in [0.05, 0.1) is 12.1 Å². The van der Waals surface area contributed by atoms with Crippen molar-refractivity contribution >= 4 is 17.5 Å². The number of aromatic nitrogens is 1. The highest BCUT2D eigenvalue weighted by Gasteiger charge is 2.21. The number of pyridine rings is 1. The van der Waals surface area contributed by atoms with E-state index in [1.165, 1.54) is 10.6 Å². The number of oxime groups is 1.